The summed E-state index contributed by atoms with van der Waals surface area (Å²) in [5.41, 5.74) is 6.04. The first-order valence-corrected chi connectivity index (χ1v) is 6.30. The average molecular weight is 281 g/mol. The number of hydrogen-bond donors (Lipinski definition) is 4. The number of aliphatic hydroxyl groups excluding tert-OH is 1. The van der Waals surface area contributed by atoms with E-state index < -0.39 is 11.7 Å². The van der Waals surface area contributed by atoms with Gasteiger partial charge in [-0.3, -0.25) is 0 Å². The van der Waals surface area contributed by atoms with E-state index in [1.807, 2.05) is 0 Å². The lowest BCUT2D eigenvalue weighted by Gasteiger charge is -2.14. The number of aromatic nitrogens is 4. The van der Waals surface area contributed by atoms with Gasteiger partial charge in [0.25, 0.3) is 0 Å². The summed E-state index contributed by atoms with van der Waals surface area (Å²) in [5, 5.41) is 18.4. The molecular weight excluding hydrogens is 262 g/mol. The fourth-order valence-electron chi connectivity index (χ4n) is 1.93. The number of anilines is 1. The second-order valence-corrected chi connectivity index (χ2v) is 5.15. The number of nitrogen functional groups attached to an aromatic ring is 1. The highest BCUT2D eigenvalue weighted by molar-refractivity contribution is 5.80. The number of aliphatic hydroxyl groups is 2. The van der Waals surface area contributed by atoms with Gasteiger partial charge in [0.2, 0.25) is 0 Å². The lowest BCUT2D eigenvalue weighted by atomic mass is 10.0. The Bertz CT molecular complexity index is 569. The van der Waals surface area contributed by atoms with Crippen molar-refractivity contribution < 1.29 is 14.9 Å². The van der Waals surface area contributed by atoms with Crippen LogP contribution in [0.2, 0.25) is 0 Å². The van der Waals surface area contributed by atoms with Crippen LogP contribution in [-0.4, -0.2) is 54.6 Å². The molecular formula is C12H19N5O3. The highest BCUT2D eigenvalue weighted by atomic mass is 16.5. The van der Waals surface area contributed by atoms with Gasteiger partial charge in [-0.25, -0.2) is 15.0 Å². The van der Waals surface area contributed by atoms with Gasteiger partial charge in [-0.15, -0.1) is 0 Å². The van der Waals surface area contributed by atoms with Gasteiger partial charge < -0.3 is 25.7 Å². The van der Waals surface area contributed by atoms with Gasteiger partial charge in [-0.1, -0.05) is 0 Å². The molecule has 5 N–H and O–H groups in total. The largest absolute Gasteiger partial charge is 0.391 e. The highest BCUT2D eigenvalue weighted by Gasteiger charge is 2.36. The van der Waals surface area contributed by atoms with Crippen molar-refractivity contribution in [2.75, 3.05) is 12.3 Å². The number of imidazole rings is 1. The summed E-state index contributed by atoms with van der Waals surface area (Å²) < 4.78 is 5.13. The molecule has 8 heteroatoms. The lowest BCUT2D eigenvalue weighted by molar-refractivity contribution is -0.000718. The predicted octanol–water partition coefficient (Wildman–Crippen LogP) is -0.158. The molecule has 0 saturated carbocycles. The quantitative estimate of drug-likeness (QED) is 0.571. The van der Waals surface area contributed by atoms with Crippen LogP contribution in [0.4, 0.5) is 5.82 Å². The molecule has 1 fully saturated rings. The topological polar surface area (TPSA) is 130 Å². The molecule has 0 aliphatic carbocycles. The van der Waals surface area contributed by atoms with E-state index >= 15 is 0 Å². The van der Waals surface area contributed by atoms with Gasteiger partial charge in [0.1, 0.15) is 11.8 Å². The fraction of sp³-hybridized carbons (Fsp3) is 0.583. The van der Waals surface area contributed by atoms with Crippen LogP contribution in [-0.2, 0) is 4.74 Å². The van der Waals surface area contributed by atoms with Crippen molar-refractivity contribution in [3.8, 4) is 0 Å². The van der Waals surface area contributed by atoms with E-state index in [4.69, 9.17) is 15.6 Å². The molecule has 1 aliphatic heterocycles. The lowest BCUT2D eigenvalue weighted by Crippen LogP contribution is -2.26. The van der Waals surface area contributed by atoms with Crippen molar-refractivity contribution in [2.45, 2.75) is 38.1 Å². The zero-order chi connectivity index (χ0) is 14.8. The molecule has 0 bridgehead atoms. The van der Waals surface area contributed by atoms with Gasteiger partial charge in [-0.2, -0.15) is 0 Å². The first kappa shape index (κ1) is 14.6. The Kier molecular flexibility index (Phi) is 4.17. The molecule has 2 aromatic rings. The number of H-pyrrole nitrogens is 1. The van der Waals surface area contributed by atoms with Crippen LogP contribution in [0.25, 0.3) is 11.2 Å². The summed E-state index contributed by atoms with van der Waals surface area (Å²) in [5.74, 6) is 0.433. The predicted molar refractivity (Wildman–Crippen MR) is 72.8 cm³/mol. The minimum Gasteiger partial charge on any atom is -0.391 e. The molecule has 0 spiro atoms. The normalized spacial score (nSPS) is 27.1. The molecule has 1 aliphatic rings. The van der Waals surface area contributed by atoms with E-state index in [1.54, 1.807) is 13.8 Å². The third-order valence-corrected chi connectivity index (χ3v) is 3.04. The summed E-state index contributed by atoms with van der Waals surface area (Å²) >= 11 is 0. The maximum absolute atomic E-state index is 9.38. The zero-order valence-electron chi connectivity index (χ0n) is 11.4. The third-order valence-electron chi connectivity index (χ3n) is 3.04. The van der Waals surface area contributed by atoms with Crippen molar-refractivity contribution in [1.29, 1.82) is 0 Å². The Balaban J connectivity index is 0.000000147. The number of fused-ring (bicyclic) bond motifs is 1. The molecule has 0 radical (unpaired) electrons. The first-order valence-electron chi connectivity index (χ1n) is 6.30. The number of aromatic amines is 1. The van der Waals surface area contributed by atoms with E-state index in [2.05, 4.69) is 19.9 Å². The number of nitrogens with zero attached hydrogens (tertiary/aromatic N) is 3. The maximum Gasteiger partial charge on any atom is 0.182 e. The molecule has 3 heterocycles. The molecule has 2 aromatic heterocycles. The molecule has 1 saturated heterocycles. The van der Waals surface area contributed by atoms with E-state index in [-0.39, 0.29) is 6.10 Å². The fourth-order valence-corrected chi connectivity index (χ4v) is 1.93. The number of hydrogen-bond acceptors (Lipinski definition) is 7. The van der Waals surface area contributed by atoms with E-state index in [1.165, 1.54) is 12.7 Å². The van der Waals surface area contributed by atoms with Crippen LogP contribution >= 0.6 is 0 Å². The second-order valence-electron chi connectivity index (χ2n) is 5.15. The van der Waals surface area contributed by atoms with Gasteiger partial charge in [0.05, 0.1) is 30.7 Å². The monoisotopic (exact) mass is 281 g/mol. The smallest absolute Gasteiger partial charge is 0.182 e. The van der Waals surface area contributed by atoms with Crippen LogP contribution in [0.3, 0.4) is 0 Å². The molecule has 20 heavy (non-hydrogen) atoms. The minimum atomic E-state index is -0.734. The molecule has 8 nitrogen and oxygen atoms in total. The summed E-state index contributed by atoms with van der Waals surface area (Å²) in [6.07, 6.45) is 2.79. The number of rotatable bonds is 1. The Labute approximate surface area is 116 Å². The van der Waals surface area contributed by atoms with Gasteiger partial charge in [0.15, 0.2) is 11.5 Å². The standard InChI is InChI=1S/C7H14O3.C5H5N5/c1-5(8)6-3-7(2,9)4-10-6;6-4-3-5(9-1-7-3)10-2-8-4/h5-6,8-9H,3-4H2,1-2H3;1-2H,(H3,6,7,8,9,10)/t5-,6?,7-;/m0./s1. The van der Waals surface area contributed by atoms with Crippen molar-refractivity contribution in [3.63, 3.8) is 0 Å². The first-order chi connectivity index (χ1) is 9.39. The van der Waals surface area contributed by atoms with Crippen LogP contribution < -0.4 is 5.73 Å². The molecule has 3 rings (SSSR count). The van der Waals surface area contributed by atoms with Gasteiger partial charge >= 0.3 is 0 Å². The number of nitrogens with two attached hydrogens (primary N) is 1. The maximum atomic E-state index is 9.38. The zero-order valence-corrected chi connectivity index (χ0v) is 11.4. The van der Waals surface area contributed by atoms with Crippen molar-refractivity contribution in [1.82, 2.24) is 19.9 Å². The molecule has 3 atom stereocenters. The SMILES string of the molecule is C[C@H](O)C1C[C@](C)(O)CO1.Nc1ncnc2nc[nH]c12. The molecule has 1 unspecified atom stereocenters. The van der Waals surface area contributed by atoms with E-state index in [0.717, 1.165) is 0 Å². The summed E-state index contributed by atoms with van der Waals surface area (Å²) in [4.78, 5) is 14.4. The van der Waals surface area contributed by atoms with Crippen LogP contribution in [0.1, 0.15) is 20.3 Å². The second kappa shape index (κ2) is 5.70. The van der Waals surface area contributed by atoms with Gasteiger partial charge in [-0.05, 0) is 13.8 Å². The third kappa shape index (κ3) is 3.41. The summed E-state index contributed by atoms with van der Waals surface area (Å²) in [7, 11) is 0. The van der Waals surface area contributed by atoms with Crippen molar-refractivity contribution in [2.24, 2.45) is 0 Å². The number of ether oxygens (including phenoxy) is 1. The van der Waals surface area contributed by atoms with Crippen LogP contribution in [0, 0.1) is 0 Å². The molecule has 110 valence electrons. The average Bonchev–Trinajstić information content (AvgIpc) is 2.97. The van der Waals surface area contributed by atoms with Crippen molar-refractivity contribution >= 4 is 17.0 Å². The van der Waals surface area contributed by atoms with Gasteiger partial charge in [0, 0.05) is 6.42 Å². The number of nitrogens with one attached hydrogen (secondary N) is 1. The van der Waals surface area contributed by atoms with Crippen molar-refractivity contribution in [3.05, 3.63) is 12.7 Å². The summed E-state index contributed by atoms with van der Waals surface area (Å²) in [6, 6.07) is 0. The molecule has 0 aromatic carbocycles. The Hall–Kier alpha value is -1.77. The summed E-state index contributed by atoms with van der Waals surface area (Å²) in [6.45, 7) is 3.73. The Morgan fingerprint density at radius 1 is 1.50 bits per heavy atom. The molecule has 0 amide bonds. The Morgan fingerprint density at radius 2 is 2.25 bits per heavy atom. The van der Waals surface area contributed by atoms with E-state index in [9.17, 15) is 5.11 Å². The minimum absolute atomic E-state index is 0.185. The van der Waals surface area contributed by atoms with E-state index in [0.29, 0.717) is 30.0 Å². The Morgan fingerprint density at radius 3 is 2.75 bits per heavy atom. The highest BCUT2D eigenvalue weighted by Crippen LogP contribution is 2.24. The van der Waals surface area contributed by atoms with Crippen LogP contribution in [0.5, 0.6) is 0 Å². The van der Waals surface area contributed by atoms with Crippen LogP contribution in [0.15, 0.2) is 12.7 Å².